The first-order chi connectivity index (χ1) is 20.6. The fourth-order valence-electron chi connectivity index (χ4n) is 5.89. The second kappa shape index (κ2) is 11.9. The highest BCUT2D eigenvalue weighted by Gasteiger charge is 2.37. The topological polar surface area (TPSA) is 103 Å². The third-order valence-electron chi connectivity index (χ3n) is 8.22. The first kappa shape index (κ1) is 29.6. The van der Waals surface area contributed by atoms with E-state index >= 15 is 0 Å². The molecule has 2 atom stereocenters. The second-order valence-corrected chi connectivity index (χ2v) is 12.9. The Morgan fingerprint density at radius 1 is 1.05 bits per heavy atom. The maximum atomic E-state index is 13.8. The quantitative estimate of drug-likeness (QED) is 0.542. The van der Waals surface area contributed by atoms with Gasteiger partial charge in [0.25, 0.3) is 0 Å². The van der Waals surface area contributed by atoms with Crippen molar-refractivity contribution in [1.82, 2.24) is 14.2 Å². The maximum absolute atomic E-state index is 13.8. The van der Waals surface area contributed by atoms with Crippen LogP contribution in [0.1, 0.15) is 31.7 Å². The first-order valence-electron chi connectivity index (χ1n) is 14.5. The van der Waals surface area contributed by atoms with E-state index in [1.54, 1.807) is 29.2 Å². The normalized spacial score (nSPS) is 23.7. The van der Waals surface area contributed by atoms with Gasteiger partial charge in [0.05, 0.1) is 29.4 Å². The van der Waals surface area contributed by atoms with Crippen LogP contribution >= 0.6 is 0 Å². The Kier molecular flexibility index (Phi) is 8.18. The summed E-state index contributed by atoms with van der Waals surface area (Å²) in [6.45, 7) is 4.82. The van der Waals surface area contributed by atoms with E-state index in [1.807, 2.05) is 6.08 Å². The van der Waals surface area contributed by atoms with Crippen molar-refractivity contribution in [1.29, 1.82) is 0 Å². The molecule has 4 aliphatic heterocycles. The van der Waals surface area contributed by atoms with Crippen molar-refractivity contribution in [3.8, 4) is 0 Å². The van der Waals surface area contributed by atoms with Gasteiger partial charge in [-0.2, -0.15) is 17.5 Å². The number of nitrogens with one attached hydrogen (secondary N) is 1. The van der Waals surface area contributed by atoms with E-state index in [2.05, 4.69) is 22.1 Å². The van der Waals surface area contributed by atoms with Gasteiger partial charge in [-0.3, -0.25) is 0 Å². The van der Waals surface area contributed by atoms with Crippen LogP contribution in [0.4, 0.5) is 24.7 Å². The zero-order valence-electron chi connectivity index (χ0n) is 23.8. The number of halogens is 3. The molecule has 1 aromatic heterocycles. The number of morpholine rings is 1. The number of anilines is 2. The van der Waals surface area contributed by atoms with Crippen molar-refractivity contribution in [2.24, 2.45) is 9.98 Å². The molecule has 4 aliphatic rings. The van der Waals surface area contributed by atoms with Crippen molar-refractivity contribution in [2.45, 2.75) is 49.5 Å². The molecule has 0 saturated carbocycles. The number of pyridine rings is 1. The monoisotopic (exact) mass is 617 g/mol. The molecule has 6 rings (SSSR count). The molecule has 5 heterocycles. The molecule has 2 aromatic rings. The van der Waals surface area contributed by atoms with Crippen molar-refractivity contribution in [3.05, 3.63) is 59.8 Å². The number of sulfonamides is 1. The van der Waals surface area contributed by atoms with Crippen molar-refractivity contribution in [2.75, 3.05) is 56.2 Å². The Morgan fingerprint density at radius 2 is 1.81 bits per heavy atom. The first-order valence-corrected chi connectivity index (χ1v) is 15.9. The molecule has 0 bridgehead atoms. The van der Waals surface area contributed by atoms with E-state index in [1.165, 1.54) is 16.6 Å². The van der Waals surface area contributed by atoms with Crippen LogP contribution in [0.5, 0.6) is 0 Å². The molecule has 2 unspecified atom stereocenters. The van der Waals surface area contributed by atoms with Crippen LogP contribution in [0.15, 0.2) is 69.1 Å². The Labute approximate surface area is 249 Å². The predicted molar refractivity (Wildman–Crippen MR) is 158 cm³/mol. The second-order valence-electron chi connectivity index (χ2n) is 11.0. The summed E-state index contributed by atoms with van der Waals surface area (Å²) in [7, 11) is -3.64. The maximum Gasteiger partial charge on any atom is 0.419 e. The number of aliphatic imine (C=N–C) groups is 2. The molecule has 0 radical (unpaired) electrons. The highest BCUT2D eigenvalue weighted by molar-refractivity contribution is 7.89. The summed E-state index contributed by atoms with van der Waals surface area (Å²) in [6.07, 6.45) is 0.620. The zero-order valence-corrected chi connectivity index (χ0v) is 24.6. The zero-order chi connectivity index (χ0) is 30.2. The van der Waals surface area contributed by atoms with Crippen LogP contribution in [0, 0.1) is 0 Å². The molecule has 2 saturated heterocycles. The molecular formula is C29H34F3N7O3S. The van der Waals surface area contributed by atoms with Crippen molar-refractivity contribution in [3.63, 3.8) is 0 Å². The van der Waals surface area contributed by atoms with Gasteiger partial charge in [-0.25, -0.2) is 23.4 Å². The summed E-state index contributed by atoms with van der Waals surface area (Å²) in [5, 5.41) is 3.42. The Hall–Kier alpha value is -3.49. The third-order valence-corrected chi connectivity index (χ3v) is 10.1. The highest BCUT2D eigenvalue weighted by atomic mass is 32.2. The fourth-order valence-corrected chi connectivity index (χ4v) is 7.29. The number of aromatic nitrogens is 1. The Bertz CT molecular complexity index is 1540. The lowest BCUT2D eigenvalue weighted by molar-refractivity contribution is -0.137. The van der Waals surface area contributed by atoms with Gasteiger partial charge >= 0.3 is 6.18 Å². The number of fused-ring (bicyclic) bond motifs is 1. The van der Waals surface area contributed by atoms with E-state index in [0.29, 0.717) is 50.9 Å². The SMILES string of the molecule is CC1CCCN1C1=NC(Nc2ccc(S(=O)(=O)N3CCOCC3)cc2)C2=CCN(c3ncccc3C(F)(F)F)CCC2=N1. The summed E-state index contributed by atoms with van der Waals surface area (Å²) >= 11 is 0. The number of likely N-dealkylation sites (tertiary alicyclic amines) is 1. The number of hydrogen-bond donors (Lipinski definition) is 1. The minimum absolute atomic E-state index is 0.109. The van der Waals surface area contributed by atoms with Gasteiger partial charge in [0.1, 0.15) is 12.0 Å². The van der Waals surface area contributed by atoms with E-state index < -0.39 is 27.9 Å². The van der Waals surface area contributed by atoms with Crippen LogP contribution < -0.4 is 10.2 Å². The van der Waals surface area contributed by atoms with E-state index in [-0.39, 0.29) is 23.3 Å². The summed E-state index contributed by atoms with van der Waals surface area (Å²) < 4.78 is 74.2. The number of benzene rings is 1. The van der Waals surface area contributed by atoms with E-state index in [4.69, 9.17) is 14.7 Å². The summed E-state index contributed by atoms with van der Waals surface area (Å²) in [6, 6.07) is 9.17. The van der Waals surface area contributed by atoms with Crippen LogP contribution in [0.2, 0.25) is 0 Å². The number of hydrogen-bond acceptors (Lipinski definition) is 9. The number of alkyl halides is 3. The third kappa shape index (κ3) is 6.13. The average molecular weight is 618 g/mol. The molecule has 1 aromatic carbocycles. The smallest absolute Gasteiger partial charge is 0.379 e. The number of guanidine groups is 1. The predicted octanol–water partition coefficient (Wildman–Crippen LogP) is 3.99. The molecule has 14 heteroatoms. The molecule has 1 N–H and O–H groups in total. The van der Waals surface area contributed by atoms with Crippen molar-refractivity contribution < 1.29 is 26.3 Å². The molecule has 43 heavy (non-hydrogen) atoms. The van der Waals surface area contributed by atoms with E-state index in [0.717, 1.165) is 36.7 Å². The van der Waals surface area contributed by atoms with Crippen LogP contribution in [-0.4, -0.2) is 92.4 Å². The lowest BCUT2D eigenvalue weighted by Crippen LogP contribution is -2.40. The molecule has 0 aliphatic carbocycles. The van der Waals surface area contributed by atoms with Gasteiger partial charge in [-0.05, 0) is 56.2 Å². The molecule has 0 spiro atoms. The lowest BCUT2D eigenvalue weighted by atomic mass is 10.0. The van der Waals surface area contributed by atoms with Crippen LogP contribution in [0.25, 0.3) is 0 Å². The molecule has 0 amide bonds. The standard InChI is InChI=1S/C29H34F3N7O3S/c1-20-4-3-13-39(20)28-35-25-11-15-37(27-24(29(30,31)32)5-2-12-33-27)14-10-23(25)26(36-28)34-21-6-8-22(9-7-21)43(40,41)38-16-18-42-19-17-38/h2,5-10,12,20,26,34H,3-4,11,13-19H2,1H3. The number of nitrogens with zero attached hydrogens (tertiary/aromatic N) is 6. The van der Waals surface area contributed by atoms with E-state index in [9.17, 15) is 21.6 Å². The van der Waals surface area contributed by atoms with Gasteiger partial charge in [-0.1, -0.05) is 6.08 Å². The Morgan fingerprint density at radius 3 is 2.51 bits per heavy atom. The minimum atomic E-state index is -4.53. The van der Waals surface area contributed by atoms with Gasteiger partial charge in [0.2, 0.25) is 16.0 Å². The van der Waals surface area contributed by atoms with Gasteiger partial charge in [-0.15, -0.1) is 0 Å². The van der Waals surface area contributed by atoms with Gasteiger partial charge in [0, 0.05) is 62.6 Å². The summed E-state index contributed by atoms with van der Waals surface area (Å²) in [4.78, 5) is 17.9. The molecule has 230 valence electrons. The van der Waals surface area contributed by atoms with Gasteiger partial charge in [0.15, 0.2) is 0 Å². The lowest BCUT2D eigenvalue weighted by Gasteiger charge is -2.30. The molecule has 10 nitrogen and oxygen atoms in total. The minimum Gasteiger partial charge on any atom is -0.379 e. The Balaban J connectivity index is 1.28. The average Bonchev–Trinajstić information content (AvgIpc) is 3.31. The van der Waals surface area contributed by atoms with Crippen LogP contribution in [-0.2, 0) is 20.9 Å². The number of ether oxygens (including phenoxy) is 1. The van der Waals surface area contributed by atoms with Crippen molar-refractivity contribution >= 4 is 33.2 Å². The van der Waals surface area contributed by atoms with Gasteiger partial charge < -0.3 is 19.9 Å². The fraction of sp³-hybridized carbons (Fsp3) is 0.483. The number of rotatable bonds is 5. The highest BCUT2D eigenvalue weighted by Crippen LogP contribution is 2.36. The molecule has 2 fully saturated rings. The summed E-state index contributed by atoms with van der Waals surface area (Å²) in [5.74, 6) is 0.491. The molecular weight excluding hydrogens is 583 g/mol. The largest absolute Gasteiger partial charge is 0.419 e. The summed E-state index contributed by atoms with van der Waals surface area (Å²) in [5.41, 5.74) is 1.44. The van der Waals surface area contributed by atoms with Crippen LogP contribution in [0.3, 0.4) is 0 Å².